The van der Waals surface area contributed by atoms with Crippen molar-refractivity contribution in [3.8, 4) is 5.75 Å². The Morgan fingerprint density at radius 1 is 1.14 bits per heavy atom. The van der Waals surface area contributed by atoms with E-state index in [1.165, 1.54) is 12.1 Å². The zero-order valence-corrected chi connectivity index (χ0v) is 8.56. The van der Waals surface area contributed by atoms with Gasteiger partial charge in [-0.3, -0.25) is 0 Å². The van der Waals surface area contributed by atoms with Gasteiger partial charge in [-0.1, -0.05) is 20.8 Å². The summed E-state index contributed by atoms with van der Waals surface area (Å²) in [4.78, 5) is 0. The summed E-state index contributed by atoms with van der Waals surface area (Å²) in [5, 5.41) is 8.88. The molecule has 1 rings (SSSR count). The number of aromatic hydroxyl groups is 1. The molecule has 1 aromatic rings. The van der Waals surface area contributed by atoms with Gasteiger partial charge in [-0.05, 0) is 29.5 Å². The predicted molar refractivity (Wildman–Crippen MR) is 51.2 cm³/mol. The van der Waals surface area contributed by atoms with Gasteiger partial charge in [0.1, 0.15) is 0 Å². The molecule has 14 heavy (non-hydrogen) atoms. The Bertz CT molecular complexity index is 317. The van der Waals surface area contributed by atoms with Crippen LogP contribution in [0, 0.1) is 17.0 Å². The SMILES string of the molecule is CC(C)(C)Cc1cc(F)c(O)c(F)c1. The maximum atomic E-state index is 12.9. The summed E-state index contributed by atoms with van der Waals surface area (Å²) in [6.07, 6.45) is 0.571. The van der Waals surface area contributed by atoms with Crippen LogP contribution in [0.15, 0.2) is 12.1 Å². The van der Waals surface area contributed by atoms with Crippen LogP contribution in [0.1, 0.15) is 26.3 Å². The topological polar surface area (TPSA) is 20.2 Å². The molecule has 0 saturated heterocycles. The highest BCUT2D eigenvalue weighted by molar-refractivity contribution is 5.30. The average Bonchev–Trinajstić information content (AvgIpc) is 1.96. The molecule has 1 nitrogen and oxygen atoms in total. The van der Waals surface area contributed by atoms with E-state index in [-0.39, 0.29) is 5.41 Å². The fraction of sp³-hybridized carbons (Fsp3) is 0.455. The molecule has 0 heterocycles. The van der Waals surface area contributed by atoms with Crippen LogP contribution in [0.2, 0.25) is 0 Å². The number of phenolic OH excluding ortho intramolecular Hbond substituents is 1. The third-order valence-electron chi connectivity index (χ3n) is 1.81. The summed E-state index contributed by atoms with van der Waals surface area (Å²) in [5.41, 5.74) is 0.529. The van der Waals surface area contributed by atoms with E-state index in [2.05, 4.69) is 0 Å². The first-order valence-electron chi connectivity index (χ1n) is 4.46. The third-order valence-corrected chi connectivity index (χ3v) is 1.81. The lowest BCUT2D eigenvalue weighted by molar-refractivity contribution is 0.386. The predicted octanol–water partition coefficient (Wildman–Crippen LogP) is 3.26. The lowest BCUT2D eigenvalue weighted by atomic mass is 9.88. The van der Waals surface area contributed by atoms with Crippen LogP contribution in [0.4, 0.5) is 8.78 Å². The van der Waals surface area contributed by atoms with Crippen LogP contribution in [0.25, 0.3) is 0 Å². The quantitative estimate of drug-likeness (QED) is 0.737. The molecular weight excluding hydrogens is 186 g/mol. The second-order valence-corrected chi connectivity index (χ2v) is 4.65. The molecule has 1 N–H and O–H groups in total. The highest BCUT2D eigenvalue weighted by Gasteiger charge is 2.15. The van der Waals surface area contributed by atoms with E-state index < -0.39 is 17.4 Å². The molecule has 3 heteroatoms. The Morgan fingerprint density at radius 2 is 1.57 bits per heavy atom. The smallest absolute Gasteiger partial charge is 0.187 e. The Kier molecular flexibility index (Phi) is 2.79. The molecule has 0 aliphatic rings. The summed E-state index contributed by atoms with van der Waals surface area (Å²) in [5.74, 6) is -2.70. The van der Waals surface area contributed by atoms with E-state index in [0.717, 1.165) is 0 Å². The highest BCUT2D eigenvalue weighted by Crippen LogP contribution is 2.26. The van der Waals surface area contributed by atoms with Crippen molar-refractivity contribution < 1.29 is 13.9 Å². The average molecular weight is 200 g/mol. The van der Waals surface area contributed by atoms with Crippen LogP contribution < -0.4 is 0 Å². The first-order chi connectivity index (χ1) is 6.29. The van der Waals surface area contributed by atoms with Crippen molar-refractivity contribution in [1.29, 1.82) is 0 Å². The Morgan fingerprint density at radius 3 is 1.93 bits per heavy atom. The van der Waals surface area contributed by atoms with Gasteiger partial charge in [0.2, 0.25) is 0 Å². The van der Waals surface area contributed by atoms with Gasteiger partial charge in [-0.25, -0.2) is 8.78 Å². The summed E-state index contributed by atoms with van der Waals surface area (Å²) in [6, 6.07) is 2.34. The summed E-state index contributed by atoms with van der Waals surface area (Å²) in [6.45, 7) is 5.95. The fourth-order valence-electron chi connectivity index (χ4n) is 1.33. The largest absolute Gasteiger partial charge is 0.503 e. The molecule has 0 aliphatic carbocycles. The maximum Gasteiger partial charge on any atom is 0.187 e. The van der Waals surface area contributed by atoms with Crippen molar-refractivity contribution in [1.82, 2.24) is 0 Å². The minimum atomic E-state index is -0.900. The van der Waals surface area contributed by atoms with E-state index in [1.807, 2.05) is 20.8 Å². The third kappa shape index (κ3) is 2.69. The molecule has 0 aliphatic heterocycles. The molecule has 0 unspecified atom stereocenters. The number of halogens is 2. The standard InChI is InChI=1S/C11H14F2O/c1-11(2,3)6-7-4-8(12)10(14)9(13)5-7/h4-5,14H,6H2,1-3H3. The van der Waals surface area contributed by atoms with Crippen molar-refractivity contribution in [2.75, 3.05) is 0 Å². The summed E-state index contributed by atoms with van der Waals surface area (Å²) >= 11 is 0. The van der Waals surface area contributed by atoms with E-state index >= 15 is 0 Å². The van der Waals surface area contributed by atoms with Crippen LogP contribution in [0.5, 0.6) is 5.75 Å². The first kappa shape index (κ1) is 11.0. The molecule has 0 atom stereocenters. The fourth-order valence-corrected chi connectivity index (χ4v) is 1.33. The molecular formula is C11H14F2O. The minimum Gasteiger partial charge on any atom is -0.503 e. The molecule has 0 amide bonds. The molecule has 0 aromatic heterocycles. The summed E-state index contributed by atoms with van der Waals surface area (Å²) < 4.78 is 25.9. The molecule has 0 fully saturated rings. The van der Waals surface area contributed by atoms with Crippen molar-refractivity contribution in [3.05, 3.63) is 29.3 Å². The van der Waals surface area contributed by atoms with Crippen molar-refractivity contribution in [2.24, 2.45) is 5.41 Å². The molecule has 78 valence electrons. The lowest BCUT2D eigenvalue weighted by Crippen LogP contribution is -2.09. The van der Waals surface area contributed by atoms with Crippen molar-refractivity contribution in [2.45, 2.75) is 27.2 Å². The second kappa shape index (κ2) is 3.56. The van der Waals surface area contributed by atoms with Gasteiger partial charge in [-0.2, -0.15) is 0 Å². The zero-order chi connectivity index (χ0) is 10.9. The van der Waals surface area contributed by atoms with Crippen LogP contribution >= 0.6 is 0 Å². The molecule has 1 aromatic carbocycles. The monoisotopic (exact) mass is 200 g/mol. The molecule has 0 radical (unpaired) electrons. The maximum absolute atomic E-state index is 12.9. The highest BCUT2D eigenvalue weighted by atomic mass is 19.1. The van der Waals surface area contributed by atoms with Gasteiger partial charge < -0.3 is 5.11 Å². The van der Waals surface area contributed by atoms with Crippen molar-refractivity contribution >= 4 is 0 Å². The second-order valence-electron chi connectivity index (χ2n) is 4.65. The van der Waals surface area contributed by atoms with Gasteiger partial charge in [0, 0.05) is 0 Å². The Hall–Kier alpha value is -1.12. The summed E-state index contributed by atoms with van der Waals surface area (Å²) in [7, 11) is 0. The van der Waals surface area contributed by atoms with E-state index in [0.29, 0.717) is 12.0 Å². The lowest BCUT2D eigenvalue weighted by Gasteiger charge is -2.18. The molecule has 0 spiro atoms. The molecule has 0 saturated carbocycles. The van der Waals surface area contributed by atoms with E-state index in [9.17, 15) is 8.78 Å². The van der Waals surface area contributed by atoms with Gasteiger partial charge in [0.15, 0.2) is 17.4 Å². The van der Waals surface area contributed by atoms with Crippen LogP contribution in [-0.2, 0) is 6.42 Å². The number of phenols is 1. The van der Waals surface area contributed by atoms with Crippen molar-refractivity contribution in [3.63, 3.8) is 0 Å². The van der Waals surface area contributed by atoms with Crippen LogP contribution in [0.3, 0.4) is 0 Å². The van der Waals surface area contributed by atoms with Gasteiger partial charge in [-0.15, -0.1) is 0 Å². The van der Waals surface area contributed by atoms with E-state index in [4.69, 9.17) is 5.11 Å². The first-order valence-corrected chi connectivity index (χ1v) is 4.46. The van der Waals surface area contributed by atoms with Crippen LogP contribution in [-0.4, -0.2) is 5.11 Å². The number of hydrogen-bond acceptors (Lipinski definition) is 1. The Balaban J connectivity index is 3.02. The van der Waals surface area contributed by atoms with Gasteiger partial charge in [0.05, 0.1) is 0 Å². The van der Waals surface area contributed by atoms with Gasteiger partial charge in [0.25, 0.3) is 0 Å². The Labute approximate surface area is 82.4 Å². The van der Waals surface area contributed by atoms with Gasteiger partial charge >= 0.3 is 0 Å². The van der Waals surface area contributed by atoms with E-state index in [1.54, 1.807) is 0 Å². The minimum absolute atomic E-state index is 0.0319. The normalized spacial score (nSPS) is 11.8. The number of hydrogen-bond donors (Lipinski definition) is 1. The number of rotatable bonds is 1. The number of benzene rings is 1. The molecule has 0 bridgehead atoms. The zero-order valence-electron chi connectivity index (χ0n) is 8.56.